The predicted molar refractivity (Wildman–Crippen MR) is 62.8 cm³/mol. The molecule has 0 aliphatic heterocycles. The lowest BCUT2D eigenvalue weighted by Crippen LogP contribution is -2.35. The fraction of sp³-hybridized carbons (Fsp3) is 0.417. The van der Waals surface area contributed by atoms with E-state index in [2.05, 4.69) is 5.32 Å². The molecule has 16 heavy (non-hydrogen) atoms. The lowest BCUT2D eigenvalue weighted by atomic mass is 10.3. The summed E-state index contributed by atoms with van der Waals surface area (Å²) in [6, 6.07) is 6.09. The molecule has 0 unspecified atom stereocenters. The van der Waals surface area contributed by atoms with Crippen LogP contribution in [0.2, 0.25) is 0 Å². The van der Waals surface area contributed by atoms with Crippen molar-refractivity contribution in [1.29, 1.82) is 0 Å². The lowest BCUT2D eigenvalue weighted by Gasteiger charge is -2.19. The molecule has 88 valence electrons. The van der Waals surface area contributed by atoms with Crippen molar-refractivity contribution in [3.8, 4) is 0 Å². The Morgan fingerprint density at radius 2 is 2.06 bits per heavy atom. The maximum atomic E-state index is 12.8. The number of hydrogen-bond acceptors (Lipinski definition) is 2. The fourth-order valence-corrected chi connectivity index (χ4v) is 1.46. The first-order valence-electron chi connectivity index (χ1n) is 5.44. The molecular formula is C12H17FN2O. The van der Waals surface area contributed by atoms with Crippen molar-refractivity contribution in [2.75, 3.05) is 25.0 Å². The summed E-state index contributed by atoms with van der Waals surface area (Å²) in [5, 5.41) is 2.90. The molecule has 0 aliphatic rings. The molecule has 1 rings (SSSR count). The van der Waals surface area contributed by atoms with Gasteiger partial charge in [0.05, 0.1) is 6.54 Å². The summed E-state index contributed by atoms with van der Waals surface area (Å²) < 4.78 is 12.8. The van der Waals surface area contributed by atoms with Crippen LogP contribution in [0.15, 0.2) is 24.3 Å². The summed E-state index contributed by atoms with van der Waals surface area (Å²) >= 11 is 0. The van der Waals surface area contributed by atoms with E-state index in [0.29, 0.717) is 18.8 Å². The largest absolute Gasteiger partial charge is 0.376 e. The Morgan fingerprint density at radius 1 is 1.38 bits per heavy atom. The average Bonchev–Trinajstić information content (AvgIpc) is 2.28. The summed E-state index contributed by atoms with van der Waals surface area (Å²) in [6.07, 6.45) is 0. The number of halogens is 1. The lowest BCUT2D eigenvalue weighted by molar-refractivity contribution is -0.128. The van der Waals surface area contributed by atoms with Crippen molar-refractivity contribution in [3.05, 3.63) is 30.1 Å². The van der Waals surface area contributed by atoms with Gasteiger partial charge in [0, 0.05) is 18.8 Å². The van der Waals surface area contributed by atoms with Gasteiger partial charge in [-0.15, -0.1) is 0 Å². The van der Waals surface area contributed by atoms with E-state index in [1.54, 1.807) is 17.0 Å². The van der Waals surface area contributed by atoms with Crippen LogP contribution < -0.4 is 5.32 Å². The van der Waals surface area contributed by atoms with Crippen molar-refractivity contribution in [2.45, 2.75) is 13.8 Å². The van der Waals surface area contributed by atoms with Crippen molar-refractivity contribution < 1.29 is 9.18 Å². The van der Waals surface area contributed by atoms with Gasteiger partial charge in [-0.3, -0.25) is 4.79 Å². The summed E-state index contributed by atoms with van der Waals surface area (Å²) in [4.78, 5) is 13.4. The number of likely N-dealkylation sites (N-methyl/N-ethyl adjacent to an activating group) is 1. The van der Waals surface area contributed by atoms with Gasteiger partial charge < -0.3 is 10.2 Å². The number of benzene rings is 1. The molecule has 0 fully saturated rings. The topological polar surface area (TPSA) is 32.3 Å². The zero-order valence-electron chi connectivity index (χ0n) is 9.66. The molecule has 1 amide bonds. The normalized spacial score (nSPS) is 9.94. The molecule has 0 atom stereocenters. The van der Waals surface area contributed by atoms with Crippen LogP contribution in [0.25, 0.3) is 0 Å². The molecule has 0 bridgehead atoms. The van der Waals surface area contributed by atoms with Crippen molar-refractivity contribution >= 4 is 11.6 Å². The van der Waals surface area contributed by atoms with Crippen LogP contribution in [0, 0.1) is 5.82 Å². The van der Waals surface area contributed by atoms with Gasteiger partial charge in [0.25, 0.3) is 0 Å². The molecular weight excluding hydrogens is 207 g/mol. The second kappa shape index (κ2) is 6.10. The van der Waals surface area contributed by atoms with E-state index in [0.717, 1.165) is 0 Å². The molecule has 0 saturated heterocycles. The van der Waals surface area contributed by atoms with E-state index < -0.39 is 0 Å². The number of nitrogens with one attached hydrogen (secondary N) is 1. The van der Waals surface area contributed by atoms with Gasteiger partial charge in [0.1, 0.15) is 5.82 Å². The third-order valence-electron chi connectivity index (χ3n) is 2.38. The standard InChI is InChI=1S/C12H17FN2O/c1-3-15(4-2)12(16)9-14-11-7-5-6-10(13)8-11/h5-8,14H,3-4,9H2,1-2H3. The first-order chi connectivity index (χ1) is 7.67. The number of anilines is 1. The highest BCUT2D eigenvalue weighted by Crippen LogP contribution is 2.08. The zero-order chi connectivity index (χ0) is 12.0. The molecule has 4 heteroatoms. The number of carbonyl (C=O) groups excluding carboxylic acids is 1. The van der Waals surface area contributed by atoms with Gasteiger partial charge in [-0.1, -0.05) is 6.07 Å². The highest BCUT2D eigenvalue weighted by atomic mass is 19.1. The Kier molecular flexibility index (Phi) is 4.76. The maximum absolute atomic E-state index is 12.8. The maximum Gasteiger partial charge on any atom is 0.241 e. The van der Waals surface area contributed by atoms with E-state index in [-0.39, 0.29) is 18.3 Å². The molecule has 0 spiro atoms. The average molecular weight is 224 g/mol. The third-order valence-corrected chi connectivity index (χ3v) is 2.38. The fourth-order valence-electron chi connectivity index (χ4n) is 1.46. The summed E-state index contributed by atoms with van der Waals surface area (Å²) in [5.74, 6) is -0.283. The Morgan fingerprint density at radius 3 is 2.62 bits per heavy atom. The monoisotopic (exact) mass is 224 g/mol. The first kappa shape index (κ1) is 12.5. The Bertz CT molecular complexity index is 351. The minimum absolute atomic E-state index is 0.0225. The predicted octanol–water partition coefficient (Wildman–Crippen LogP) is 2.11. The summed E-state index contributed by atoms with van der Waals surface area (Å²) in [6.45, 7) is 5.46. The van der Waals surface area contributed by atoms with Gasteiger partial charge in [-0.25, -0.2) is 4.39 Å². The van der Waals surface area contributed by atoms with Crippen LogP contribution in [0.4, 0.5) is 10.1 Å². The van der Waals surface area contributed by atoms with Crippen LogP contribution >= 0.6 is 0 Å². The number of hydrogen-bond donors (Lipinski definition) is 1. The molecule has 0 saturated carbocycles. The van der Waals surface area contributed by atoms with E-state index in [9.17, 15) is 9.18 Å². The van der Waals surface area contributed by atoms with E-state index in [1.165, 1.54) is 12.1 Å². The zero-order valence-corrected chi connectivity index (χ0v) is 9.66. The van der Waals surface area contributed by atoms with Crippen molar-refractivity contribution in [3.63, 3.8) is 0 Å². The van der Waals surface area contributed by atoms with Gasteiger partial charge >= 0.3 is 0 Å². The van der Waals surface area contributed by atoms with Crippen LogP contribution in [-0.2, 0) is 4.79 Å². The van der Waals surface area contributed by atoms with E-state index in [1.807, 2.05) is 13.8 Å². The molecule has 0 radical (unpaired) electrons. The Balaban J connectivity index is 2.48. The van der Waals surface area contributed by atoms with Crippen LogP contribution in [0.1, 0.15) is 13.8 Å². The van der Waals surface area contributed by atoms with Gasteiger partial charge in [-0.05, 0) is 32.0 Å². The molecule has 0 heterocycles. The number of nitrogens with zero attached hydrogens (tertiary/aromatic N) is 1. The van der Waals surface area contributed by atoms with Crippen LogP contribution in [0.3, 0.4) is 0 Å². The SMILES string of the molecule is CCN(CC)C(=O)CNc1cccc(F)c1. The highest BCUT2D eigenvalue weighted by molar-refractivity contribution is 5.80. The van der Waals surface area contributed by atoms with E-state index >= 15 is 0 Å². The molecule has 1 aromatic carbocycles. The second-order valence-corrected chi connectivity index (χ2v) is 3.43. The first-order valence-corrected chi connectivity index (χ1v) is 5.44. The second-order valence-electron chi connectivity index (χ2n) is 3.43. The molecule has 3 nitrogen and oxygen atoms in total. The quantitative estimate of drug-likeness (QED) is 0.830. The number of amides is 1. The van der Waals surface area contributed by atoms with Crippen LogP contribution in [0.5, 0.6) is 0 Å². The highest BCUT2D eigenvalue weighted by Gasteiger charge is 2.08. The Labute approximate surface area is 95.3 Å². The third kappa shape index (κ3) is 3.53. The molecule has 0 aromatic heterocycles. The minimum Gasteiger partial charge on any atom is -0.376 e. The summed E-state index contributed by atoms with van der Waals surface area (Å²) in [7, 11) is 0. The smallest absolute Gasteiger partial charge is 0.241 e. The molecule has 0 aliphatic carbocycles. The van der Waals surface area contributed by atoms with Crippen LogP contribution in [-0.4, -0.2) is 30.4 Å². The molecule has 1 N–H and O–H groups in total. The van der Waals surface area contributed by atoms with Gasteiger partial charge in [0.2, 0.25) is 5.91 Å². The summed E-state index contributed by atoms with van der Waals surface area (Å²) in [5.41, 5.74) is 0.625. The van der Waals surface area contributed by atoms with E-state index in [4.69, 9.17) is 0 Å². The van der Waals surface area contributed by atoms with Crippen molar-refractivity contribution in [1.82, 2.24) is 4.90 Å². The molecule has 1 aromatic rings. The van der Waals surface area contributed by atoms with Gasteiger partial charge in [0.15, 0.2) is 0 Å². The Hall–Kier alpha value is -1.58. The van der Waals surface area contributed by atoms with Crippen molar-refractivity contribution in [2.24, 2.45) is 0 Å². The number of rotatable bonds is 5. The number of carbonyl (C=O) groups is 1. The minimum atomic E-state index is -0.305. The van der Waals surface area contributed by atoms with Gasteiger partial charge in [-0.2, -0.15) is 0 Å².